The summed E-state index contributed by atoms with van der Waals surface area (Å²) in [6.07, 6.45) is -1.35. The lowest BCUT2D eigenvalue weighted by molar-refractivity contribution is 0.102. The smallest absolute Gasteiger partial charge is 0.280 e. The molecule has 0 aliphatic heterocycles. The largest absolute Gasteiger partial charge is 0.321 e. The van der Waals surface area contributed by atoms with Crippen molar-refractivity contribution in [3.05, 3.63) is 52.5 Å². The Bertz CT molecular complexity index is 1020. The standard InChI is InChI=1S/C17H13F2N5O/c1-8-9(2)14(21-7-10(8)6-20)17(25)22-11-3-4-13-12(5-11)15(16(18)19)24-23-13/h3-5,7,16H,1-2H3,(H,22,25)(H,23,24). The van der Waals surface area contributed by atoms with Crippen LogP contribution >= 0.6 is 0 Å². The lowest BCUT2D eigenvalue weighted by Gasteiger charge is -2.10. The molecule has 0 fully saturated rings. The predicted molar refractivity (Wildman–Crippen MR) is 87.4 cm³/mol. The van der Waals surface area contributed by atoms with Crippen molar-refractivity contribution in [1.29, 1.82) is 5.26 Å². The van der Waals surface area contributed by atoms with Gasteiger partial charge >= 0.3 is 0 Å². The number of halogens is 2. The molecular formula is C17H13F2N5O. The lowest BCUT2D eigenvalue weighted by Crippen LogP contribution is -2.16. The molecule has 0 aliphatic carbocycles. The van der Waals surface area contributed by atoms with Gasteiger partial charge in [0.1, 0.15) is 17.5 Å². The van der Waals surface area contributed by atoms with Gasteiger partial charge in [0.25, 0.3) is 12.3 Å². The molecular weight excluding hydrogens is 328 g/mol. The van der Waals surface area contributed by atoms with E-state index in [1.807, 2.05) is 6.07 Å². The van der Waals surface area contributed by atoms with E-state index in [1.165, 1.54) is 18.3 Å². The van der Waals surface area contributed by atoms with E-state index in [9.17, 15) is 13.6 Å². The molecule has 0 radical (unpaired) electrons. The summed E-state index contributed by atoms with van der Waals surface area (Å²) in [5.41, 5.74) is 2.28. The monoisotopic (exact) mass is 341 g/mol. The fourth-order valence-electron chi connectivity index (χ4n) is 2.51. The van der Waals surface area contributed by atoms with Gasteiger partial charge in [-0.15, -0.1) is 0 Å². The van der Waals surface area contributed by atoms with Crippen LogP contribution in [-0.4, -0.2) is 21.1 Å². The van der Waals surface area contributed by atoms with E-state index >= 15 is 0 Å². The fraction of sp³-hybridized carbons (Fsp3) is 0.176. The number of aromatic amines is 1. The van der Waals surface area contributed by atoms with Crippen molar-refractivity contribution in [3.8, 4) is 6.07 Å². The van der Waals surface area contributed by atoms with E-state index in [1.54, 1.807) is 19.9 Å². The molecule has 25 heavy (non-hydrogen) atoms. The first-order chi connectivity index (χ1) is 11.9. The van der Waals surface area contributed by atoms with Crippen LogP contribution in [0.3, 0.4) is 0 Å². The second-order valence-electron chi connectivity index (χ2n) is 5.51. The predicted octanol–water partition coefficient (Wildman–Crippen LogP) is 3.64. The van der Waals surface area contributed by atoms with Crippen LogP contribution in [0.25, 0.3) is 10.9 Å². The quantitative estimate of drug-likeness (QED) is 0.760. The number of alkyl halides is 2. The van der Waals surface area contributed by atoms with Crippen molar-refractivity contribution in [1.82, 2.24) is 15.2 Å². The Kier molecular flexibility index (Phi) is 4.15. The third-order valence-electron chi connectivity index (χ3n) is 4.04. The van der Waals surface area contributed by atoms with Gasteiger partial charge < -0.3 is 5.32 Å². The second-order valence-corrected chi connectivity index (χ2v) is 5.51. The van der Waals surface area contributed by atoms with E-state index in [4.69, 9.17) is 5.26 Å². The van der Waals surface area contributed by atoms with Crippen LogP contribution in [0.1, 0.15) is 39.3 Å². The average Bonchev–Trinajstić information content (AvgIpc) is 3.00. The lowest BCUT2D eigenvalue weighted by atomic mass is 10.0. The third kappa shape index (κ3) is 2.92. The maximum atomic E-state index is 13.0. The molecule has 0 atom stereocenters. The Hall–Kier alpha value is -3.34. The number of nitrogens with one attached hydrogen (secondary N) is 2. The summed E-state index contributed by atoms with van der Waals surface area (Å²) >= 11 is 0. The van der Waals surface area contributed by atoms with Crippen LogP contribution in [0.4, 0.5) is 14.5 Å². The number of nitriles is 1. The normalized spacial score (nSPS) is 10.9. The Balaban J connectivity index is 1.94. The average molecular weight is 341 g/mol. The summed E-state index contributed by atoms with van der Waals surface area (Å²) in [4.78, 5) is 16.5. The van der Waals surface area contributed by atoms with Crippen molar-refractivity contribution in [2.24, 2.45) is 0 Å². The van der Waals surface area contributed by atoms with Gasteiger partial charge in [0, 0.05) is 17.3 Å². The van der Waals surface area contributed by atoms with Crippen molar-refractivity contribution < 1.29 is 13.6 Å². The molecule has 0 aliphatic rings. The number of pyridine rings is 1. The Morgan fingerprint density at radius 1 is 1.32 bits per heavy atom. The van der Waals surface area contributed by atoms with E-state index in [2.05, 4.69) is 20.5 Å². The number of H-pyrrole nitrogens is 1. The minimum atomic E-state index is -2.69. The Morgan fingerprint density at radius 2 is 2.08 bits per heavy atom. The van der Waals surface area contributed by atoms with Crippen LogP contribution in [-0.2, 0) is 0 Å². The molecule has 1 aromatic carbocycles. The molecule has 3 rings (SSSR count). The molecule has 6 nitrogen and oxygen atoms in total. The summed E-state index contributed by atoms with van der Waals surface area (Å²) in [5, 5.41) is 18.0. The first-order valence-corrected chi connectivity index (χ1v) is 7.36. The highest BCUT2D eigenvalue weighted by atomic mass is 19.3. The number of hydrogen-bond acceptors (Lipinski definition) is 4. The topological polar surface area (TPSA) is 94.5 Å². The SMILES string of the molecule is Cc1c(C#N)cnc(C(=O)Nc2ccc3n[nH]c(C(F)F)c3c2)c1C. The summed E-state index contributed by atoms with van der Waals surface area (Å²) in [6, 6.07) is 6.56. The molecule has 8 heteroatoms. The molecule has 2 N–H and O–H groups in total. The maximum absolute atomic E-state index is 13.0. The second kappa shape index (κ2) is 6.28. The minimum absolute atomic E-state index is 0.179. The number of benzene rings is 1. The molecule has 0 unspecified atom stereocenters. The molecule has 126 valence electrons. The molecule has 0 saturated carbocycles. The highest BCUT2D eigenvalue weighted by Crippen LogP contribution is 2.27. The molecule has 2 aromatic heterocycles. The summed E-state index contributed by atoms with van der Waals surface area (Å²) in [7, 11) is 0. The van der Waals surface area contributed by atoms with Gasteiger partial charge in [-0.25, -0.2) is 13.8 Å². The van der Waals surface area contributed by atoms with Gasteiger partial charge in [0.15, 0.2) is 0 Å². The van der Waals surface area contributed by atoms with Gasteiger partial charge in [0.05, 0.1) is 11.1 Å². The zero-order valence-corrected chi connectivity index (χ0v) is 13.4. The number of rotatable bonds is 3. The molecule has 0 bridgehead atoms. The van der Waals surface area contributed by atoms with E-state index in [-0.39, 0.29) is 16.8 Å². The molecule has 3 aromatic rings. The minimum Gasteiger partial charge on any atom is -0.321 e. The van der Waals surface area contributed by atoms with Crippen LogP contribution in [0.2, 0.25) is 0 Å². The number of nitrogens with zero attached hydrogens (tertiary/aromatic N) is 3. The number of carbonyl (C=O) groups is 1. The van der Waals surface area contributed by atoms with Crippen molar-refractivity contribution >= 4 is 22.5 Å². The van der Waals surface area contributed by atoms with Crippen LogP contribution in [0.15, 0.2) is 24.4 Å². The van der Waals surface area contributed by atoms with Crippen LogP contribution in [0, 0.1) is 25.2 Å². The van der Waals surface area contributed by atoms with Gasteiger partial charge in [-0.1, -0.05) is 0 Å². The van der Waals surface area contributed by atoms with Gasteiger partial charge in [-0.2, -0.15) is 10.4 Å². The molecule has 1 amide bonds. The van der Waals surface area contributed by atoms with Crippen molar-refractivity contribution in [2.45, 2.75) is 20.3 Å². The van der Waals surface area contributed by atoms with Crippen molar-refractivity contribution in [3.63, 3.8) is 0 Å². The molecule has 2 heterocycles. The zero-order valence-electron chi connectivity index (χ0n) is 13.4. The first-order valence-electron chi connectivity index (χ1n) is 7.36. The number of amides is 1. The number of carbonyl (C=O) groups excluding carboxylic acids is 1. The third-order valence-corrected chi connectivity index (χ3v) is 4.04. The molecule has 0 saturated heterocycles. The fourth-order valence-corrected chi connectivity index (χ4v) is 2.51. The Labute approximate surface area is 141 Å². The van der Waals surface area contributed by atoms with Crippen molar-refractivity contribution in [2.75, 3.05) is 5.32 Å². The highest BCUT2D eigenvalue weighted by Gasteiger charge is 2.17. The zero-order chi connectivity index (χ0) is 18.1. The summed E-state index contributed by atoms with van der Waals surface area (Å²) in [6.45, 7) is 3.44. The van der Waals surface area contributed by atoms with E-state index in [0.29, 0.717) is 27.9 Å². The highest BCUT2D eigenvalue weighted by molar-refractivity contribution is 6.05. The summed E-state index contributed by atoms with van der Waals surface area (Å²) in [5.74, 6) is -0.480. The Morgan fingerprint density at radius 3 is 2.76 bits per heavy atom. The van der Waals surface area contributed by atoms with E-state index in [0.717, 1.165) is 0 Å². The first kappa shape index (κ1) is 16.5. The number of fused-ring (bicyclic) bond motifs is 1. The molecule has 0 spiro atoms. The summed E-state index contributed by atoms with van der Waals surface area (Å²) < 4.78 is 25.9. The van der Waals surface area contributed by atoms with E-state index < -0.39 is 12.3 Å². The number of anilines is 1. The van der Waals surface area contributed by atoms with Gasteiger partial charge in [0.2, 0.25) is 0 Å². The van der Waals surface area contributed by atoms with Gasteiger partial charge in [-0.05, 0) is 43.2 Å². The van der Waals surface area contributed by atoms with Crippen LogP contribution < -0.4 is 5.32 Å². The van der Waals surface area contributed by atoms with Crippen LogP contribution in [0.5, 0.6) is 0 Å². The maximum Gasteiger partial charge on any atom is 0.280 e. The number of aromatic nitrogens is 3. The van der Waals surface area contributed by atoms with Gasteiger partial charge in [-0.3, -0.25) is 9.89 Å². The number of hydrogen-bond donors (Lipinski definition) is 2.